The first kappa shape index (κ1) is 13.6. The molecular weight excluding hydrogens is 372 g/mol. The lowest BCUT2D eigenvalue weighted by molar-refractivity contribution is 0.151. The molecule has 0 atom stereocenters. The lowest BCUT2D eigenvalue weighted by atomic mass is 10.1. The summed E-state index contributed by atoms with van der Waals surface area (Å²) in [6.07, 6.45) is -2.47. The Labute approximate surface area is 122 Å². The zero-order valence-corrected chi connectivity index (χ0v) is 12.2. The van der Waals surface area contributed by atoms with Gasteiger partial charge in [0.2, 0.25) is 0 Å². The molecule has 0 spiro atoms. The Bertz CT molecular complexity index is 550. The van der Waals surface area contributed by atoms with Crippen LogP contribution in [0, 0.1) is 10.5 Å². The molecule has 18 heavy (non-hydrogen) atoms. The molecule has 0 N–H and O–H groups in total. The predicted octanol–water partition coefficient (Wildman–Crippen LogP) is 4.65. The van der Waals surface area contributed by atoms with E-state index in [0.29, 0.717) is 16.5 Å². The minimum Gasteiger partial charge on any atom is -0.232 e. The number of hydrogen-bond acceptors (Lipinski definition) is 2. The molecule has 6 heteroatoms. The highest BCUT2D eigenvalue weighted by molar-refractivity contribution is 14.1. The second-order valence-corrected chi connectivity index (χ2v) is 5.10. The fourth-order valence-electron chi connectivity index (χ4n) is 1.43. The number of benzene rings is 1. The van der Waals surface area contributed by atoms with Crippen molar-refractivity contribution in [1.82, 2.24) is 9.97 Å². The van der Waals surface area contributed by atoms with Gasteiger partial charge in [-0.15, -0.1) is 0 Å². The standard InChI is InChI=1S/C12H8ClF2IN2/c1-6-9(16)10(13)18-12(17-6)8-4-2-7(3-5-8)11(14)15/h2-5,11H,1H3. The maximum absolute atomic E-state index is 12.4. The molecule has 0 saturated carbocycles. The lowest BCUT2D eigenvalue weighted by Crippen LogP contribution is -1.96. The monoisotopic (exact) mass is 380 g/mol. The van der Waals surface area contributed by atoms with Crippen LogP contribution in [0.2, 0.25) is 5.15 Å². The van der Waals surface area contributed by atoms with E-state index in [2.05, 4.69) is 32.6 Å². The SMILES string of the molecule is Cc1nc(-c2ccc(C(F)F)cc2)nc(Cl)c1I. The quantitative estimate of drug-likeness (QED) is 0.560. The Kier molecular flexibility index (Phi) is 4.11. The van der Waals surface area contributed by atoms with Crippen LogP contribution in [0.5, 0.6) is 0 Å². The highest BCUT2D eigenvalue weighted by Gasteiger charge is 2.11. The Hall–Kier alpha value is -0.820. The number of aryl methyl sites for hydroxylation is 1. The highest BCUT2D eigenvalue weighted by Crippen LogP contribution is 2.25. The van der Waals surface area contributed by atoms with Gasteiger partial charge in [-0.1, -0.05) is 35.9 Å². The first-order valence-electron chi connectivity index (χ1n) is 5.07. The van der Waals surface area contributed by atoms with E-state index in [-0.39, 0.29) is 5.56 Å². The third kappa shape index (κ3) is 2.77. The summed E-state index contributed by atoms with van der Waals surface area (Å²) in [5.41, 5.74) is 1.41. The first-order chi connectivity index (χ1) is 8.49. The molecule has 0 bridgehead atoms. The van der Waals surface area contributed by atoms with Gasteiger partial charge in [0.25, 0.3) is 6.43 Å². The van der Waals surface area contributed by atoms with E-state index in [1.807, 2.05) is 6.92 Å². The molecule has 0 radical (unpaired) electrons. The van der Waals surface area contributed by atoms with Crippen LogP contribution in [-0.4, -0.2) is 9.97 Å². The van der Waals surface area contributed by atoms with E-state index in [9.17, 15) is 8.78 Å². The van der Waals surface area contributed by atoms with Crippen LogP contribution >= 0.6 is 34.2 Å². The fraction of sp³-hybridized carbons (Fsp3) is 0.167. The third-order valence-corrected chi connectivity index (χ3v) is 4.28. The van der Waals surface area contributed by atoms with Crippen molar-refractivity contribution in [2.24, 2.45) is 0 Å². The van der Waals surface area contributed by atoms with Crippen LogP contribution in [0.15, 0.2) is 24.3 Å². The predicted molar refractivity (Wildman–Crippen MR) is 74.9 cm³/mol. The van der Waals surface area contributed by atoms with Gasteiger partial charge in [-0.2, -0.15) is 0 Å². The molecule has 0 saturated heterocycles. The van der Waals surface area contributed by atoms with Crippen molar-refractivity contribution in [1.29, 1.82) is 0 Å². The van der Waals surface area contributed by atoms with Gasteiger partial charge in [-0.05, 0) is 29.5 Å². The second-order valence-electron chi connectivity index (χ2n) is 3.66. The molecule has 2 aromatic rings. The summed E-state index contributed by atoms with van der Waals surface area (Å²) >= 11 is 8.03. The summed E-state index contributed by atoms with van der Waals surface area (Å²) in [7, 11) is 0. The molecule has 0 unspecified atom stereocenters. The summed E-state index contributed by atoms with van der Waals surface area (Å²) < 4.78 is 25.7. The maximum atomic E-state index is 12.4. The van der Waals surface area contributed by atoms with Gasteiger partial charge in [-0.3, -0.25) is 0 Å². The Morgan fingerprint density at radius 2 is 1.78 bits per heavy atom. The zero-order chi connectivity index (χ0) is 13.3. The van der Waals surface area contributed by atoms with Gasteiger partial charge in [0, 0.05) is 11.1 Å². The van der Waals surface area contributed by atoms with Crippen molar-refractivity contribution >= 4 is 34.2 Å². The van der Waals surface area contributed by atoms with E-state index in [4.69, 9.17) is 11.6 Å². The Morgan fingerprint density at radius 1 is 1.17 bits per heavy atom. The first-order valence-corrected chi connectivity index (χ1v) is 6.53. The van der Waals surface area contributed by atoms with E-state index < -0.39 is 6.43 Å². The van der Waals surface area contributed by atoms with Crippen LogP contribution in [0.4, 0.5) is 8.78 Å². The third-order valence-electron chi connectivity index (χ3n) is 2.40. The molecule has 0 aliphatic heterocycles. The van der Waals surface area contributed by atoms with Gasteiger partial charge < -0.3 is 0 Å². The van der Waals surface area contributed by atoms with Crippen LogP contribution in [0.25, 0.3) is 11.4 Å². The van der Waals surface area contributed by atoms with Crippen molar-refractivity contribution in [3.05, 3.63) is 44.2 Å². The minimum absolute atomic E-state index is 0.0212. The smallest absolute Gasteiger partial charge is 0.232 e. The number of nitrogens with zero attached hydrogens (tertiary/aromatic N) is 2. The van der Waals surface area contributed by atoms with Crippen molar-refractivity contribution in [3.63, 3.8) is 0 Å². The molecule has 0 amide bonds. The van der Waals surface area contributed by atoms with E-state index in [0.717, 1.165) is 9.26 Å². The van der Waals surface area contributed by atoms with Crippen molar-refractivity contribution in [3.8, 4) is 11.4 Å². The van der Waals surface area contributed by atoms with Gasteiger partial charge in [0.1, 0.15) is 5.15 Å². The average molecular weight is 381 g/mol. The maximum Gasteiger partial charge on any atom is 0.263 e. The number of halogens is 4. The Morgan fingerprint density at radius 3 is 2.28 bits per heavy atom. The number of aromatic nitrogens is 2. The van der Waals surface area contributed by atoms with Crippen LogP contribution < -0.4 is 0 Å². The van der Waals surface area contributed by atoms with Gasteiger partial charge in [0.05, 0.1) is 9.26 Å². The zero-order valence-electron chi connectivity index (χ0n) is 9.29. The fourth-order valence-corrected chi connectivity index (χ4v) is 1.89. The highest BCUT2D eigenvalue weighted by atomic mass is 127. The topological polar surface area (TPSA) is 25.8 Å². The summed E-state index contributed by atoms with van der Waals surface area (Å²) in [6.45, 7) is 1.83. The van der Waals surface area contributed by atoms with Crippen LogP contribution in [-0.2, 0) is 0 Å². The van der Waals surface area contributed by atoms with Gasteiger partial charge in [0.15, 0.2) is 5.82 Å². The van der Waals surface area contributed by atoms with Crippen molar-refractivity contribution in [2.75, 3.05) is 0 Å². The summed E-state index contributed by atoms with van der Waals surface area (Å²) in [5, 5.41) is 0.371. The molecular formula is C12H8ClF2IN2. The summed E-state index contributed by atoms with van der Waals surface area (Å²) in [5.74, 6) is 0.443. The average Bonchev–Trinajstić information content (AvgIpc) is 2.35. The van der Waals surface area contributed by atoms with E-state index in [1.54, 1.807) is 12.1 Å². The molecule has 2 nitrogen and oxygen atoms in total. The van der Waals surface area contributed by atoms with Crippen LogP contribution in [0.3, 0.4) is 0 Å². The molecule has 1 heterocycles. The van der Waals surface area contributed by atoms with Crippen molar-refractivity contribution in [2.45, 2.75) is 13.3 Å². The second kappa shape index (κ2) is 5.44. The lowest BCUT2D eigenvalue weighted by Gasteiger charge is -2.06. The Balaban J connectivity index is 2.43. The summed E-state index contributed by atoms with van der Waals surface area (Å²) in [4.78, 5) is 8.43. The molecule has 1 aromatic carbocycles. The minimum atomic E-state index is -2.47. The molecule has 0 aliphatic carbocycles. The number of alkyl halides is 2. The normalized spacial score (nSPS) is 11.0. The van der Waals surface area contributed by atoms with Crippen molar-refractivity contribution < 1.29 is 8.78 Å². The van der Waals surface area contributed by atoms with E-state index in [1.165, 1.54) is 12.1 Å². The molecule has 1 aromatic heterocycles. The molecule has 0 aliphatic rings. The summed E-state index contributed by atoms with van der Waals surface area (Å²) in [6, 6.07) is 5.87. The largest absolute Gasteiger partial charge is 0.263 e. The van der Waals surface area contributed by atoms with Gasteiger partial charge >= 0.3 is 0 Å². The van der Waals surface area contributed by atoms with E-state index >= 15 is 0 Å². The number of rotatable bonds is 2. The molecule has 94 valence electrons. The van der Waals surface area contributed by atoms with Gasteiger partial charge in [-0.25, -0.2) is 18.7 Å². The molecule has 2 rings (SSSR count). The number of hydrogen-bond donors (Lipinski definition) is 0. The van der Waals surface area contributed by atoms with Crippen LogP contribution in [0.1, 0.15) is 17.7 Å². The molecule has 0 fully saturated rings.